The number of carbonyl (C=O) groups excluding carboxylic acids is 1. The number of carboxylic acid groups (broad SMARTS) is 1. The van der Waals surface area contributed by atoms with Crippen molar-refractivity contribution in [3.8, 4) is 0 Å². The molecular formula is C23H36N4O4. The molecule has 0 saturated heterocycles. The topological polar surface area (TPSA) is 104 Å². The van der Waals surface area contributed by atoms with Gasteiger partial charge in [-0.05, 0) is 69.9 Å². The summed E-state index contributed by atoms with van der Waals surface area (Å²) in [6.45, 7) is 6.18. The molecule has 1 aromatic heterocycles. The average Bonchev–Trinajstić information content (AvgIpc) is 2.74. The van der Waals surface area contributed by atoms with Crippen molar-refractivity contribution in [2.45, 2.75) is 70.9 Å². The molecule has 0 spiro atoms. The molecule has 8 heteroatoms. The van der Waals surface area contributed by atoms with Crippen LogP contribution in [0.25, 0.3) is 0 Å². The highest BCUT2D eigenvalue weighted by atomic mass is 16.5. The molecule has 3 rings (SSSR count). The number of pyridine rings is 1. The highest BCUT2D eigenvalue weighted by molar-refractivity contribution is 5.82. The third-order valence-electron chi connectivity index (χ3n) is 6.36. The number of amides is 2. The summed E-state index contributed by atoms with van der Waals surface area (Å²) in [6.07, 6.45) is 6.84. The minimum atomic E-state index is -1.03. The largest absolute Gasteiger partial charge is 0.480 e. The number of hydrogen-bond donors (Lipinski definition) is 3. The summed E-state index contributed by atoms with van der Waals surface area (Å²) in [5.74, 6) is 0.663. The number of carbonyl (C=O) groups is 2. The first kappa shape index (κ1) is 23.3. The zero-order chi connectivity index (χ0) is 22.2. The second-order valence-corrected chi connectivity index (χ2v) is 8.51. The van der Waals surface area contributed by atoms with Crippen LogP contribution in [0.5, 0.6) is 0 Å². The molecule has 2 heterocycles. The van der Waals surface area contributed by atoms with Crippen LogP contribution in [0, 0.1) is 5.92 Å². The molecule has 0 radical (unpaired) electrons. The van der Waals surface area contributed by atoms with Gasteiger partial charge in [0.1, 0.15) is 11.9 Å². The van der Waals surface area contributed by atoms with Gasteiger partial charge >= 0.3 is 12.0 Å². The minimum absolute atomic E-state index is 0.191. The van der Waals surface area contributed by atoms with E-state index in [0.29, 0.717) is 25.6 Å². The Morgan fingerprint density at radius 2 is 2.10 bits per heavy atom. The van der Waals surface area contributed by atoms with E-state index in [1.807, 2.05) is 13.8 Å². The number of aryl methyl sites for hydroxylation is 2. The molecule has 1 saturated carbocycles. The van der Waals surface area contributed by atoms with E-state index in [1.165, 1.54) is 12.0 Å². The smallest absolute Gasteiger partial charge is 0.326 e. The summed E-state index contributed by atoms with van der Waals surface area (Å²) >= 11 is 0. The molecule has 2 amide bonds. The highest BCUT2D eigenvalue weighted by Gasteiger charge is 2.30. The fourth-order valence-electron chi connectivity index (χ4n) is 4.27. The van der Waals surface area contributed by atoms with E-state index in [2.05, 4.69) is 22.8 Å². The van der Waals surface area contributed by atoms with Crippen molar-refractivity contribution in [2.75, 3.05) is 31.6 Å². The van der Waals surface area contributed by atoms with E-state index in [9.17, 15) is 14.7 Å². The number of anilines is 1. The van der Waals surface area contributed by atoms with Crippen LogP contribution in [0.15, 0.2) is 12.1 Å². The number of hydrogen-bond acceptors (Lipinski definition) is 5. The Morgan fingerprint density at radius 3 is 2.81 bits per heavy atom. The normalized spacial score (nSPS) is 20.7. The van der Waals surface area contributed by atoms with Crippen LogP contribution in [-0.2, 0) is 22.4 Å². The van der Waals surface area contributed by atoms with Crippen molar-refractivity contribution in [3.05, 3.63) is 23.4 Å². The van der Waals surface area contributed by atoms with Crippen molar-refractivity contribution < 1.29 is 19.4 Å². The Balaban J connectivity index is 1.32. The second kappa shape index (κ2) is 11.3. The van der Waals surface area contributed by atoms with Gasteiger partial charge in [-0.25, -0.2) is 14.6 Å². The Bertz CT molecular complexity index is 747. The van der Waals surface area contributed by atoms with Crippen molar-refractivity contribution in [2.24, 2.45) is 5.92 Å². The van der Waals surface area contributed by atoms with Crippen LogP contribution in [0.1, 0.15) is 57.2 Å². The van der Waals surface area contributed by atoms with Crippen molar-refractivity contribution in [1.29, 1.82) is 0 Å². The van der Waals surface area contributed by atoms with Crippen LogP contribution in [0.3, 0.4) is 0 Å². The second-order valence-electron chi connectivity index (χ2n) is 8.51. The summed E-state index contributed by atoms with van der Waals surface area (Å²) in [5, 5.41) is 15.4. The molecule has 0 aromatic carbocycles. The van der Waals surface area contributed by atoms with Crippen LogP contribution in [-0.4, -0.2) is 65.4 Å². The van der Waals surface area contributed by atoms with Crippen molar-refractivity contribution in [3.63, 3.8) is 0 Å². The maximum absolute atomic E-state index is 12.1. The van der Waals surface area contributed by atoms with Gasteiger partial charge in [-0.15, -0.1) is 0 Å². The van der Waals surface area contributed by atoms with Gasteiger partial charge in [0.25, 0.3) is 0 Å². The van der Waals surface area contributed by atoms with Crippen LogP contribution < -0.4 is 10.6 Å². The average molecular weight is 433 g/mol. The Kier molecular flexibility index (Phi) is 8.51. The highest BCUT2D eigenvalue weighted by Crippen LogP contribution is 2.34. The predicted octanol–water partition coefficient (Wildman–Crippen LogP) is 3.06. The fourth-order valence-corrected chi connectivity index (χ4v) is 4.27. The third kappa shape index (κ3) is 6.56. The number of aromatic nitrogens is 1. The van der Waals surface area contributed by atoms with Gasteiger partial charge in [0, 0.05) is 38.4 Å². The number of aliphatic carboxylic acids is 1. The maximum atomic E-state index is 12.1. The molecule has 31 heavy (non-hydrogen) atoms. The van der Waals surface area contributed by atoms with E-state index in [4.69, 9.17) is 9.72 Å². The predicted molar refractivity (Wildman–Crippen MR) is 119 cm³/mol. The van der Waals surface area contributed by atoms with E-state index in [0.717, 1.165) is 50.2 Å². The molecular weight excluding hydrogens is 396 g/mol. The number of fused-ring (bicyclic) bond motifs is 1. The summed E-state index contributed by atoms with van der Waals surface area (Å²) in [5.41, 5.74) is 2.46. The molecule has 1 atom stereocenters. The molecule has 8 nitrogen and oxygen atoms in total. The Hall–Kier alpha value is -2.35. The molecule has 1 aliphatic heterocycles. The van der Waals surface area contributed by atoms with E-state index in [-0.39, 0.29) is 18.6 Å². The number of nitrogens with one attached hydrogen (secondary N) is 2. The van der Waals surface area contributed by atoms with Crippen LogP contribution in [0.4, 0.5) is 10.6 Å². The third-order valence-corrected chi connectivity index (χ3v) is 6.36. The number of nitrogens with zero attached hydrogens (tertiary/aromatic N) is 2. The first-order valence-corrected chi connectivity index (χ1v) is 11.6. The number of urea groups is 1. The van der Waals surface area contributed by atoms with Crippen LogP contribution >= 0.6 is 0 Å². The summed E-state index contributed by atoms with van der Waals surface area (Å²) < 4.78 is 5.86. The Morgan fingerprint density at radius 1 is 1.32 bits per heavy atom. The molecule has 2 aliphatic rings. The lowest BCUT2D eigenvalue weighted by Crippen LogP contribution is -2.48. The van der Waals surface area contributed by atoms with Gasteiger partial charge in [0.2, 0.25) is 0 Å². The lowest BCUT2D eigenvalue weighted by Gasteiger charge is -2.35. The standard InChI is InChI=1S/C23H36N4O4/c1-3-27(4-2)23(30)26-20(22(28)29)11-13-31-19-14-16(15-19)7-9-18-10-8-17-6-5-12-24-21(17)25-18/h8,10,16,19-20H,3-7,9,11-15H2,1-2H3,(H,24,25)(H,26,30)(H,28,29)/t16-,19-,20-/m0/s1. The van der Waals surface area contributed by atoms with E-state index in [1.54, 1.807) is 4.90 Å². The number of carboxylic acids is 1. The van der Waals surface area contributed by atoms with Crippen molar-refractivity contribution in [1.82, 2.24) is 15.2 Å². The van der Waals surface area contributed by atoms with Gasteiger partial charge < -0.3 is 25.4 Å². The fraction of sp³-hybridized carbons (Fsp3) is 0.696. The monoisotopic (exact) mass is 432 g/mol. The molecule has 0 bridgehead atoms. The van der Waals surface area contributed by atoms with E-state index >= 15 is 0 Å². The van der Waals surface area contributed by atoms with Crippen molar-refractivity contribution >= 4 is 17.8 Å². The van der Waals surface area contributed by atoms with Gasteiger partial charge in [-0.1, -0.05) is 6.07 Å². The zero-order valence-electron chi connectivity index (χ0n) is 18.7. The first-order chi connectivity index (χ1) is 15.0. The lowest BCUT2D eigenvalue weighted by atomic mass is 9.79. The van der Waals surface area contributed by atoms with Crippen LogP contribution in [0.2, 0.25) is 0 Å². The maximum Gasteiger partial charge on any atom is 0.326 e. The Labute approximate surface area is 184 Å². The van der Waals surface area contributed by atoms with Gasteiger partial charge in [-0.2, -0.15) is 0 Å². The molecule has 0 unspecified atom stereocenters. The lowest BCUT2D eigenvalue weighted by molar-refractivity contribution is -0.140. The minimum Gasteiger partial charge on any atom is -0.480 e. The molecule has 1 aromatic rings. The SMILES string of the molecule is CCN(CC)C(=O)N[C@@H](CCO[C@H]1C[C@H](CCc2ccc3c(n2)NCCC3)C1)C(=O)O. The molecule has 172 valence electrons. The quantitative estimate of drug-likeness (QED) is 0.497. The first-order valence-electron chi connectivity index (χ1n) is 11.6. The molecule has 1 aliphatic carbocycles. The summed E-state index contributed by atoms with van der Waals surface area (Å²) in [6, 6.07) is 3.09. The van der Waals surface area contributed by atoms with E-state index < -0.39 is 12.0 Å². The zero-order valence-corrected chi connectivity index (χ0v) is 18.7. The summed E-state index contributed by atoms with van der Waals surface area (Å²) in [7, 11) is 0. The molecule has 1 fully saturated rings. The van der Waals surface area contributed by atoms with Gasteiger partial charge in [0.15, 0.2) is 0 Å². The number of ether oxygens (including phenoxy) is 1. The van der Waals surface area contributed by atoms with Gasteiger partial charge in [0.05, 0.1) is 6.10 Å². The van der Waals surface area contributed by atoms with Gasteiger partial charge in [-0.3, -0.25) is 0 Å². The summed E-state index contributed by atoms with van der Waals surface area (Å²) in [4.78, 5) is 29.9. The number of rotatable bonds is 11. The molecule has 3 N–H and O–H groups in total.